The Hall–Kier alpha value is -1.04. The van der Waals surface area contributed by atoms with Crippen LogP contribution >= 0.6 is 15.9 Å². The number of anilines is 1. The molecule has 0 aromatic heterocycles. The number of nitrogens with one attached hydrogen (secondary N) is 2. The average Bonchev–Trinajstić information content (AvgIpc) is 3.13. The van der Waals surface area contributed by atoms with E-state index in [1.807, 2.05) is 0 Å². The summed E-state index contributed by atoms with van der Waals surface area (Å²) in [6.07, 6.45) is 13.6. The highest BCUT2D eigenvalue weighted by atomic mass is 79.9. The van der Waals surface area contributed by atoms with Crippen LogP contribution in [0.5, 0.6) is 0 Å². The molecular formula is C26H42BrN3O. The van der Waals surface area contributed by atoms with Gasteiger partial charge in [-0.05, 0) is 42.0 Å². The Morgan fingerprint density at radius 1 is 0.968 bits per heavy atom. The first kappa shape index (κ1) is 24.6. The molecule has 174 valence electrons. The zero-order valence-corrected chi connectivity index (χ0v) is 21.5. The van der Waals surface area contributed by atoms with E-state index in [1.54, 1.807) is 0 Å². The maximum absolute atomic E-state index is 5.94. The summed E-state index contributed by atoms with van der Waals surface area (Å²) < 4.78 is 7.05. The monoisotopic (exact) mass is 491 g/mol. The van der Waals surface area contributed by atoms with Gasteiger partial charge in [-0.25, -0.2) is 0 Å². The molecule has 0 saturated heterocycles. The molecule has 0 bridgehead atoms. The first-order chi connectivity index (χ1) is 14.9. The highest BCUT2D eigenvalue weighted by molar-refractivity contribution is 9.10. The van der Waals surface area contributed by atoms with E-state index in [4.69, 9.17) is 4.74 Å². The van der Waals surface area contributed by atoms with Crippen molar-refractivity contribution in [2.45, 2.75) is 85.0 Å². The van der Waals surface area contributed by atoms with Gasteiger partial charge in [-0.2, -0.15) is 5.01 Å². The van der Waals surface area contributed by atoms with E-state index >= 15 is 0 Å². The first-order valence-corrected chi connectivity index (χ1v) is 13.1. The number of hydrazine groups is 1. The molecular weight excluding hydrogens is 450 g/mol. The standard InChI is InChI=1S/C26H42BrN3O/c1-26(2,3)15-11-9-7-5-4-6-8-10-12-16-31-20-30-19-21-18-28-24-17-22(27)13-14-23(24)25(21)29-30/h13-14,17,28-29H,4-12,15-16,18-20H2,1-3H3. The molecule has 31 heavy (non-hydrogen) atoms. The molecule has 1 aromatic carbocycles. The summed E-state index contributed by atoms with van der Waals surface area (Å²) in [5.41, 5.74) is 9.16. The molecule has 0 atom stereocenters. The van der Waals surface area contributed by atoms with Crippen molar-refractivity contribution in [1.29, 1.82) is 0 Å². The van der Waals surface area contributed by atoms with Crippen LogP contribution in [0.4, 0.5) is 5.69 Å². The zero-order valence-electron chi connectivity index (χ0n) is 19.9. The van der Waals surface area contributed by atoms with Gasteiger partial charge < -0.3 is 15.5 Å². The minimum atomic E-state index is 0.503. The number of fused-ring (bicyclic) bond motifs is 2. The second-order valence-corrected chi connectivity index (χ2v) is 11.3. The van der Waals surface area contributed by atoms with Gasteiger partial charge in [0.2, 0.25) is 0 Å². The predicted octanol–water partition coefficient (Wildman–Crippen LogP) is 7.33. The van der Waals surface area contributed by atoms with Crippen LogP contribution in [0.25, 0.3) is 5.70 Å². The Kier molecular flexibility index (Phi) is 9.73. The Morgan fingerprint density at radius 2 is 1.65 bits per heavy atom. The molecule has 0 aliphatic carbocycles. The summed E-state index contributed by atoms with van der Waals surface area (Å²) in [4.78, 5) is 0. The second kappa shape index (κ2) is 12.3. The third-order valence-electron chi connectivity index (χ3n) is 6.21. The molecule has 0 unspecified atom stereocenters. The Balaban J connectivity index is 1.17. The van der Waals surface area contributed by atoms with Crippen LogP contribution in [0.1, 0.15) is 90.5 Å². The second-order valence-electron chi connectivity index (χ2n) is 10.4. The van der Waals surface area contributed by atoms with Crippen molar-refractivity contribution in [3.8, 4) is 0 Å². The molecule has 3 rings (SSSR count). The number of benzene rings is 1. The minimum Gasteiger partial charge on any atom is -0.381 e. The number of halogens is 1. The van der Waals surface area contributed by atoms with Crippen LogP contribution in [0.3, 0.4) is 0 Å². The topological polar surface area (TPSA) is 36.5 Å². The summed E-state index contributed by atoms with van der Waals surface area (Å²) in [5.74, 6) is 0. The summed E-state index contributed by atoms with van der Waals surface area (Å²) in [6.45, 7) is 10.4. The number of ether oxygens (including phenoxy) is 1. The van der Waals surface area contributed by atoms with Gasteiger partial charge >= 0.3 is 0 Å². The summed E-state index contributed by atoms with van der Waals surface area (Å²) in [5, 5.41) is 5.70. The van der Waals surface area contributed by atoms with Crippen molar-refractivity contribution < 1.29 is 4.74 Å². The van der Waals surface area contributed by atoms with Gasteiger partial charge in [-0.15, -0.1) is 0 Å². The van der Waals surface area contributed by atoms with Gasteiger partial charge in [-0.1, -0.05) is 88.1 Å². The van der Waals surface area contributed by atoms with Crippen LogP contribution in [-0.2, 0) is 4.74 Å². The molecule has 0 amide bonds. The molecule has 2 aliphatic heterocycles. The smallest absolute Gasteiger partial charge is 0.116 e. The van der Waals surface area contributed by atoms with Gasteiger partial charge in [0, 0.05) is 35.4 Å². The van der Waals surface area contributed by atoms with Crippen molar-refractivity contribution in [1.82, 2.24) is 10.4 Å². The highest BCUT2D eigenvalue weighted by Crippen LogP contribution is 2.34. The largest absolute Gasteiger partial charge is 0.381 e. The fourth-order valence-corrected chi connectivity index (χ4v) is 4.77. The van der Waals surface area contributed by atoms with Gasteiger partial charge in [0.05, 0.1) is 5.70 Å². The predicted molar refractivity (Wildman–Crippen MR) is 136 cm³/mol. The maximum Gasteiger partial charge on any atom is 0.116 e. The van der Waals surface area contributed by atoms with E-state index in [2.05, 4.69) is 70.7 Å². The van der Waals surface area contributed by atoms with Gasteiger partial charge in [0.15, 0.2) is 0 Å². The number of nitrogens with zero attached hydrogens (tertiary/aromatic N) is 1. The van der Waals surface area contributed by atoms with Gasteiger partial charge in [-0.3, -0.25) is 0 Å². The van der Waals surface area contributed by atoms with Gasteiger partial charge in [0.25, 0.3) is 0 Å². The number of unbranched alkanes of at least 4 members (excludes halogenated alkanes) is 8. The normalized spacial score (nSPS) is 16.1. The molecule has 2 N–H and O–H groups in total. The van der Waals surface area contributed by atoms with E-state index in [1.165, 1.54) is 86.7 Å². The first-order valence-electron chi connectivity index (χ1n) is 12.3. The molecule has 4 nitrogen and oxygen atoms in total. The molecule has 0 saturated carbocycles. The summed E-state index contributed by atoms with van der Waals surface area (Å²) in [7, 11) is 0. The quantitative estimate of drug-likeness (QED) is 0.283. The van der Waals surface area contributed by atoms with E-state index in [0.29, 0.717) is 12.1 Å². The van der Waals surface area contributed by atoms with Crippen LogP contribution in [0.2, 0.25) is 0 Å². The Morgan fingerprint density at radius 3 is 2.35 bits per heavy atom. The van der Waals surface area contributed by atoms with E-state index in [-0.39, 0.29) is 0 Å². The van der Waals surface area contributed by atoms with Crippen molar-refractivity contribution in [2.75, 3.05) is 31.7 Å². The minimum absolute atomic E-state index is 0.503. The lowest BCUT2D eigenvalue weighted by atomic mass is 9.89. The third-order valence-corrected chi connectivity index (χ3v) is 6.70. The molecule has 2 aliphatic rings. The molecule has 0 fully saturated rings. The fourth-order valence-electron chi connectivity index (χ4n) is 4.41. The lowest BCUT2D eigenvalue weighted by Crippen LogP contribution is -2.34. The molecule has 0 radical (unpaired) electrons. The summed E-state index contributed by atoms with van der Waals surface area (Å²) in [6, 6.07) is 6.42. The van der Waals surface area contributed by atoms with Crippen molar-refractivity contribution in [2.24, 2.45) is 5.41 Å². The Bertz CT molecular complexity index is 726. The lowest BCUT2D eigenvalue weighted by molar-refractivity contribution is 0.0203. The fraction of sp³-hybridized carbons (Fsp3) is 0.692. The third kappa shape index (κ3) is 8.43. The summed E-state index contributed by atoms with van der Waals surface area (Å²) >= 11 is 3.55. The maximum atomic E-state index is 5.94. The Labute approximate surface area is 198 Å². The van der Waals surface area contributed by atoms with E-state index in [9.17, 15) is 0 Å². The molecule has 5 heteroatoms. The van der Waals surface area contributed by atoms with Crippen LogP contribution in [0, 0.1) is 5.41 Å². The van der Waals surface area contributed by atoms with Gasteiger partial charge in [0.1, 0.15) is 6.73 Å². The lowest BCUT2D eigenvalue weighted by Gasteiger charge is -2.20. The van der Waals surface area contributed by atoms with Crippen molar-refractivity contribution in [3.63, 3.8) is 0 Å². The van der Waals surface area contributed by atoms with Crippen LogP contribution in [-0.4, -0.2) is 31.4 Å². The number of hydrogen-bond acceptors (Lipinski definition) is 4. The van der Waals surface area contributed by atoms with E-state index in [0.717, 1.165) is 24.2 Å². The van der Waals surface area contributed by atoms with Crippen LogP contribution < -0.4 is 10.7 Å². The van der Waals surface area contributed by atoms with Crippen molar-refractivity contribution in [3.05, 3.63) is 33.8 Å². The average molecular weight is 493 g/mol. The highest BCUT2D eigenvalue weighted by Gasteiger charge is 2.27. The number of rotatable bonds is 13. The molecule has 1 aromatic rings. The van der Waals surface area contributed by atoms with Crippen molar-refractivity contribution >= 4 is 27.3 Å². The SMILES string of the molecule is CC(C)(C)CCCCCCCCCCCOCN1CC2=C(N1)c1ccc(Br)cc1NC2. The zero-order chi connectivity index (χ0) is 22.1. The number of hydrogen-bond donors (Lipinski definition) is 2. The van der Waals surface area contributed by atoms with E-state index < -0.39 is 0 Å². The molecule has 0 spiro atoms. The van der Waals surface area contributed by atoms with Crippen LogP contribution in [0.15, 0.2) is 28.2 Å². The molecule has 2 heterocycles.